The lowest BCUT2D eigenvalue weighted by molar-refractivity contribution is -0.627. The first-order valence-corrected chi connectivity index (χ1v) is 10.4. The van der Waals surface area contributed by atoms with Gasteiger partial charge in [-0.15, -0.1) is 0 Å². The minimum Gasteiger partial charge on any atom is -0.488 e. The number of anilines is 1. The zero-order valence-electron chi connectivity index (χ0n) is 16.2. The van der Waals surface area contributed by atoms with Crippen molar-refractivity contribution in [1.82, 2.24) is 0 Å². The van der Waals surface area contributed by atoms with Gasteiger partial charge in [0.25, 0.3) is 0 Å². The normalized spacial score (nSPS) is 31.8. The topological polar surface area (TPSA) is 54.9 Å². The number of likely N-dealkylation sites (N-methyl/N-ethyl adjacent to an activating group) is 1. The number of benzene rings is 1. The van der Waals surface area contributed by atoms with Gasteiger partial charge >= 0.3 is 0 Å². The summed E-state index contributed by atoms with van der Waals surface area (Å²) in [6.45, 7) is 3.66. The lowest BCUT2D eigenvalue weighted by Crippen LogP contribution is -2.80. The van der Waals surface area contributed by atoms with Gasteiger partial charge in [-0.25, -0.2) is 0 Å². The molecular weight excluding hydrogens is 324 g/mol. The van der Waals surface area contributed by atoms with E-state index >= 15 is 0 Å². The lowest BCUT2D eigenvalue weighted by atomic mass is 9.49. The molecule has 3 N–H and O–H groups in total. The van der Waals surface area contributed by atoms with Crippen molar-refractivity contribution < 1.29 is 14.8 Å². The summed E-state index contributed by atoms with van der Waals surface area (Å²) < 4.78 is 5.78. The van der Waals surface area contributed by atoms with Gasteiger partial charge in [0.1, 0.15) is 18.9 Å². The molecule has 1 aromatic rings. The Morgan fingerprint density at radius 3 is 2.46 bits per heavy atom. The summed E-state index contributed by atoms with van der Waals surface area (Å²) in [4.78, 5) is 12.9. The van der Waals surface area contributed by atoms with Crippen molar-refractivity contribution >= 4 is 11.6 Å². The van der Waals surface area contributed by atoms with Crippen LogP contribution in [0.4, 0.5) is 5.69 Å². The maximum atomic E-state index is 12.9. The molecule has 0 radical (unpaired) electrons. The largest absolute Gasteiger partial charge is 0.488 e. The SMILES string of the molecule is C[NH2+]CCOc1ccc(C)c(NC(=O)CC23CC4CC(CC(C4)C2)C3)c1. The average Bonchev–Trinajstić information content (AvgIpc) is 2.56. The summed E-state index contributed by atoms with van der Waals surface area (Å²) in [6.07, 6.45) is 8.82. The number of carbonyl (C=O) groups is 1. The standard InChI is InChI=1S/C22H32N2O2/c1-15-3-4-19(26-6-5-23-2)10-20(15)24-21(25)14-22-11-16-7-17(12-22)9-18(8-16)13-22/h3-4,10,16-18,23H,5-9,11-14H2,1-2H3,(H,24,25)/p+1. The van der Waals surface area contributed by atoms with Crippen LogP contribution in [0.1, 0.15) is 50.5 Å². The van der Waals surface area contributed by atoms with Gasteiger partial charge < -0.3 is 15.4 Å². The number of nitrogens with one attached hydrogen (secondary N) is 1. The van der Waals surface area contributed by atoms with Gasteiger partial charge in [-0.05, 0) is 80.2 Å². The Morgan fingerprint density at radius 1 is 1.19 bits per heavy atom. The van der Waals surface area contributed by atoms with Crippen LogP contribution < -0.4 is 15.4 Å². The van der Waals surface area contributed by atoms with Crippen molar-refractivity contribution in [2.75, 3.05) is 25.5 Å². The molecule has 26 heavy (non-hydrogen) atoms. The fourth-order valence-electron chi connectivity index (χ4n) is 6.16. The summed E-state index contributed by atoms with van der Waals surface area (Å²) in [5.41, 5.74) is 2.29. The van der Waals surface area contributed by atoms with E-state index in [0.717, 1.165) is 41.3 Å². The van der Waals surface area contributed by atoms with Crippen LogP contribution in [0, 0.1) is 30.1 Å². The highest BCUT2D eigenvalue weighted by Crippen LogP contribution is 2.61. The van der Waals surface area contributed by atoms with Gasteiger partial charge in [-0.2, -0.15) is 0 Å². The molecular formula is C22H33N2O2+. The molecule has 0 spiro atoms. The lowest BCUT2D eigenvalue weighted by Gasteiger charge is -2.56. The van der Waals surface area contributed by atoms with Crippen LogP contribution in [0.3, 0.4) is 0 Å². The number of rotatable bonds is 7. The molecule has 142 valence electrons. The molecule has 0 aromatic heterocycles. The maximum Gasteiger partial charge on any atom is 0.224 e. The van der Waals surface area contributed by atoms with E-state index in [0.29, 0.717) is 13.0 Å². The molecule has 0 aliphatic heterocycles. The minimum atomic E-state index is 0.189. The minimum absolute atomic E-state index is 0.189. The van der Waals surface area contributed by atoms with Crippen molar-refractivity contribution in [3.05, 3.63) is 23.8 Å². The van der Waals surface area contributed by atoms with E-state index in [1.54, 1.807) is 0 Å². The predicted molar refractivity (Wildman–Crippen MR) is 103 cm³/mol. The third-order valence-corrected chi connectivity index (χ3v) is 6.86. The zero-order valence-corrected chi connectivity index (χ0v) is 16.2. The number of hydrogen-bond acceptors (Lipinski definition) is 2. The van der Waals surface area contributed by atoms with E-state index in [1.165, 1.54) is 38.5 Å². The Hall–Kier alpha value is -1.55. The van der Waals surface area contributed by atoms with E-state index < -0.39 is 0 Å². The Morgan fingerprint density at radius 2 is 1.85 bits per heavy atom. The fraction of sp³-hybridized carbons (Fsp3) is 0.682. The number of carbonyl (C=O) groups excluding carboxylic acids is 1. The summed E-state index contributed by atoms with van der Waals surface area (Å²) in [7, 11) is 2.04. The van der Waals surface area contributed by atoms with Crippen LogP contribution in [-0.2, 0) is 4.79 Å². The number of hydrogen-bond donors (Lipinski definition) is 2. The second kappa shape index (κ2) is 7.22. The Labute approximate surface area is 157 Å². The number of nitrogens with two attached hydrogens (primary N) is 1. The van der Waals surface area contributed by atoms with E-state index in [2.05, 4.69) is 10.6 Å². The molecule has 0 atom stereocenters. The maximum absolute atomic E-state index is 12.9. The highest BCUT2D eigenvalue weighted by atomic mass is 16.5. The van der Waals surface area contributed by atoms with Gasteiger partial charge in [0.2, 0.25) is 5.91 Å². The molecule has 0 unspecified atom stereocenters. The van der Waals surface area contributed by atoms with E-state index in [9.17, 15) is 4.79 Å². The third kappa shape index (κ3) is 3.75. The predicted octanol–water partition coefficient (Wildman–Crippen LogP) is 3.11. The summed E-state index contributed by atoms with van der Waals surface area (Å²) in [5.74, 6) is 3.70. The number of quaternary nitrogens is 1. The smallest absolute Gasteiger partial charge is 0.224 e. The van der Waals surface area contributed by atoms with Crippen LogP contribution in [0.25, 0.3) is 0 Å². The van der Waals surface area contributed by atoms with Gasteiger partial charge in [0, 0.05) is 18.2 Å². The van der Waals surface area contributed by atoms with Crippen molar-refractivity contribution in [2.24, 2.45) is 23.2 Å². The first kappa shape index (κ1) is 17.8. The summed E-state index contributed by atoms with van der Waals surface area (Å²) in [6, 6.07) is 5.99. The number of amides is 1. The van der Waals surface area contributed by atoms with Crippen LogP contribution in [0.5, 0.6) is 5.75 Å². The molecule has 4 bridgehead atoms. The molecule has 4 nitrogen and oxygen atoms in total. The quantitative estimate of drug-likeness (QED) is 0.737. The molecule has 0 heterocycles. The molecule has 0 saturated heterocycles. The van der Waals surface area contributed by atoms with Crippen LogP contribution in [0.2, 0.25) is 0 Å². The second-order valence-electron chi connectivity index (χ2n) is 9.16. The van der Waals surface area contributed by atoms with E-state index in [-0.39, 0.29) is 11.3 Å². The highest BCUT2D eigenvalue weighted by Gasteiger charge is 2.51. The van der Waals surface area contributed by atoms with Gasteiger partial charge in [-0.1, -0.05) is 6.07 Å². The molecule has 4 heteroatoms. The first-order chi connectivity index (χ1) is 12.5. The van der Waals surface area contributed by atoms with E-state index in [4.69, 9.17) is 4.74 Å². The van der Waals surface area contributed by atoms with Gasteiger partial charge in [0.05, 0.1) is 7.05 Å². The fourth-order valence-corrected chi connectivity index (χ4v) is 6.16. The van der Waals surface area contributed by atoms with Crippen molar-refractivity contribution in [3.63, 3.8) is 0 Å². The molecule has 1 aromatic carbocycles. The Kier molecular flexibility index (Phi) is 4.96. The molecule has 5 rings (SSSR count). The molecule has 4 fully saturated rings. The van der Waals surface area contributed by atoms with Crippen LogP contribution >= 0.6 is 0 Å². The van der Waals surface area contributed by atoms with Crippen LogP contribution in [-0.4, -0.2) is 26.1 Å². The highest BCUT2D eigenvalue weighted by molar-refractivity contribution is 5.92. The molecule has 4 saturated carbocycles. The number of ether oxygens (including phenoxy) is 1. The third-order valence-electron chi connectivity index (χ3n) is 6.86. The number of aryl methyl sites for hydroxylation is 1. The van der Waals surface area contributed by atoms with Crippen molar-refractivity contribution in [3.8, 4) is 5.75 Å². The van der Waals surface area contributed by atoms with Crippen molar-refractivity contribution in [2.45, 2.75) is 51.9 Å². The molecule has 1 amide bonds. The zero-order chi connectivity index (χ0) is 18.1. The Balaban J connectivity index is 1.39. The van der Waals surface area contributed by atoms with Crippen LogP contribution in [0.15, 0.2) is 18.2 Å². The van der Waals surface area contributed by atoms with Crippen molar-refractivity contribution in [1.29, 1.82) is 0 Å². The first-order valence-electron chi connectivity index (χ1n) is 10.4. The van der Waals surface area contributed by atoms with Gasteiger partial charge in [-0.3, -0.25) is 4.79 Å². The average molecular weight is 358 g/mol. The van der Waals surface area contributed by atoms with Gasteiger partial charge in [0.15, 0.2) is 0 Å². The summed E-state index contributed by atoms with van der Waals surface area (Å²) >= 11 is 0. The monoisotopic (exact) mass is 357 g/mol. The van der Waals surface area contributed by atoms with E-state index in [1.807, 2.05) is 32.2 Å². The summed E-state index contributed by atoms with van der Waals surface area (Å²) in [5, 5.41) is 5.29. The second-order valence-corrected chi connectivity index (χ2v) is 9.16. The molecule has 4 aliphatic rings. The molecule has 4 aliphatic carbocycles. The Bertz CT molecular complexity index is 635.